The maximum Gasteiger partial charge on any atom is 0.222 e. The van der Waals surface area contributed by atoms with E-state index in [0.29, 0.717) is 25.9 Å². The van der Waals surface area contributed by atoms with Gasteiger partial charge in [-0.15, -0.1) is 0 Å². The highest BCUT2D eigenvalue weighted by atomic mass is 16.5. The SMILES string of the molecule is CC(O)CCC(=O)N1CC(C)OC(C)(C)C1. The lowest BCUT2D eigenvalue weighted by Crippen LogP contribution is -2.53. The van der Waals surface area contributed by atoms with Crippen LogP contribution in [0.3, 0.4) is 0 Å². The van der Waals surface area contributed by atoms with Gasteiger partial charge in [-0.2, -0.15) is 0 Å². The first-order valence-electron chi connectivity index (χ1n) is 5.94. The molecule has 0 aliphatic carbocycles. The predicted molar refractivity (Wildman–Crippen MR) is 62.1 cm³/mol. The topological polar surface area (TPSA) is 49.8 Å². The number of carbonyl (C=O) groups is 1. The average Bonchev–Trinajstić information content (AvgIpc) is 2.10. The average molecular weight is 229 g/mol. The first-order chi connectivity index (χ1) is 7.30. The minimum atomic E-state index is -0.407. The highest BCUT2D eigenvalue weighted by molar-refractivity contribution is 5.76. The van der Waals surface area contributed by atoms with Crippen LogP contribution in [0.5, 0.6) is 0 Å². The normalized spacial score (nSPS) is 26.6. The summed E-state index contributed by atoms with van der Waals surface area (Å²) >= 11 is 0. The maximum absolute atomic E-state index is 11.9. The number of rotatable bonds is 3. The van der Waals surface area contributed by atoms with Crippen molar-refractivity contribution in [1.82, 2.24) is 4.90 Å². The van der Waals surface area contributed by atoms with Gasteiger partial charge in [0, 0.05) is 19.5 Å². The lowest BCUT2D eigenvalue weighted by atomic mass is 10.0. The van der Waals surface area contributed by atoms with E-state index >= 15 is 0 Å². The quantitative estimate of drug-likeness (QED) is 0.790. The molecule has 0 aromatic heterocycles. The van der Waals surface area contributed by atoms with E-state index in [9.17, 15) is 4.79 Å². The molecule has 1 aliphatic rings. The predicted octanol–water partition coefficient (Wildman–Crippen LogP) is 1.17. The smallest absolute Gasteiger partial charge is 0.222 e. The number of ether oxygens (including phenoxy) is 1. The summed E-state index contributed by atoms with van der Waals surface area (Å²) in [6.07, 6.45) is 0.625. The molecule has 2 atom stereocenters. The second-order valence-electron chi connectivity index (χ2n) is 5.35. The van der Waals surface area contributed by atoms with E-state index in [1.165, 1.54) is 0 Å². The van der Waals surface area contributed by atoms with Crippen LogP contribution >= 0.6 is 0 Å². The van der Waals surface area contributed by atoms with Gasteiger partial charge in [-0.05, 0) is 34.1 Å². The largest absolute Gasteiger partial charge is 0.393 e. The fourth-order valence-electron chi connectivity index (χ4n) is 2.13. The molecule has 4 nitrogen and oxygen atoms in total. The van der Waals surface area contributed by atoms with Crippen LogP contribution in [0.1, 0.15) is 40.5 Å². The molecule has 1 heterocycles. The van der Waals surface area contributed by atoms with Crippen LogP contribution in [0.25, 0.3) is 0 Å². The van der Waals surface area contributed by atoms with Gasteiger partial charge in [0.2, 0.25) is 5.91 Å². The second kappa shape index (κ2) is 5.15. The van der Waals surface area contributed by atoms with Crippen LogP contribution in [0, 0.1) is 0 Å². The van der Waals surface area contributed by atoms with Gasteiger partial charge in [0.05, 0.1) is 17.8 Å². The number of aliphatic hydroxyl groups is 1. The van der Waals surface area contributed by atoms with Crippen LogP contribution in [0.4, 0.5) is 0 Å². The Kier molecular flexibility index (Phi) is 4.33. The van der Waals surface area contributed by atoms with Crippen LogP contribution in [-0.2, 0) is 9.53 Å². The van der Waals surface area contributed by atoms with Gasteiger partial charge in [0.15, 0.2) is 0 Å². The molecule has 0 aromatic carbocycles. The summed E-state index contributed by atoms with van der Waals surface area (Å²) in [5, 5.41) is 9.16. The number of morpholine rings is 1. The van der Waals surface area contributed by atoms with Gasteiger partial charge < -0.3 is 14.7 Å². The zero-order valence-corrected chi connectivity index (χ0v) is 10.7. The Morgan fingerprint density at radius 3 is 2.75 bits per heavy atom. The molecule has 1 N–H and O–H groups in total. The Hall–Kier alpha value is -0.610. The summed E-state index contributed by atoms with van der Waals surface area (Å²) in [5.41, 5.74) is -0.266. The van der Waals surface area contributed by atoms with Gasteiger partial charge >= 0.3 is 0 Å². The van der Waals surface area contributed by atoms with Crippen molar-refractivity contribution >= 4 is 5.91 Å². The lowest BCUT2D eigenvalue weighted by Gasteiger charge is -2.41. The summed E-state index contributed by atoms with van der Waals surface area (Å²) in [6, 6.07) is 0. The molecule has 0 bridgehead atoms. The van der Waals surface area contributed by atoms with Gasteiger partial charge in [0.1, 0.15) is 0 Å². The minimum Gasteiger partial charge on any atom is -0.393 e. The van der Waals surface area contributed by atoms with Crippen LogP contribution < -0.4 is 0 Å². The van der Waals surface area contributed by atoms with Gasteiger partial charge in [-0.25, -0.2) is 0 Å². The number of hydrogen-bond acceptors (Lipinski definition) is 3. The number of aliphatic hydroxyl groups excluding tert-OH is 1. The third-order valence-electron chi connectivity index (χ3n) is 2.70. The molecule has 16 heavy (non-hydrogen) atoms. The standard InChI is InChI=1S/C12H23NO3/c1-9(14)5-6-11(15)13-7-10(2)16-12(3,4)8-13/h9-10,14H,5-8H2,1-4H3. The first kappa shape index (κ1) is 13.5. The Morgan fingerprint density at radius 1 is 1.62 bits per heavy atom. The van der Waals surface area contributed by atoms with E-state index < -0.39 is 6.10 Å². The van der Waals surface area contributed by atoms with Crippen LogP contribution in [0.15, 0.2) is 0 Å². The van der Waals surface area contributed by atoms with E-state index in [-0.39, 0.29) is 17.6 Å². The van der Waals surface area contributed by atoms with E-state index in [0.717, 1.165) is 0 Å². The minimum absolute atomic E-state index is 0.0826. The van der Waals surface area contributed by atoms with E-state index in [1.807, 2.05) is 25.7 Å². The molecule has 0 saturated carbocycles. The molecule has 0 spiro atoms. The summed E-state index contributed by atoms with van der Waals surface area (Å²) in [5.74, 6) is 0.115. The lowest BCUT2D eigenvalue weighted by molar-refractivity contribution is -0.158. The second-order valence-corrected chi connectivity index (χ2v) is 5.35. The van der Waals surface area contributed by atoms with E-state index in [4.69, 9.17) is 9.84 Å². The molecule has 1 saturated heterocycles. The molecule has 1 amide bonds. The molecule has 0 radical (unpaired) electrons. The third-order valence-corrected chi connectivity index (χ3v) is 2.70. The zero-order valence-electron chi connectivity index (χ0n) is 10.7. The molecular formula is C12H23NO3. The van der Waals surface area contributed by atoms with E-state index in [2.05, 4.69) is 0 Å². The Balaban J connectivity index is 2.49. The molecule has 2 unspecified atom stereocenters. The summed E-state index contributed by atoms with van der Waals surface area (Å²) in [6.45, 7) is 8.97. The summed E-state index contributed by atoms with van der Waals surface area (Å²) in [7, 11) is 0. The molecular weight excluding hydrogens is 206 g/mol. The Bertz CT molecular complexity index is 251. The monoisotopic (exact) mass is 229 g/mol. The summed E-state index contributed by atoms with van der Waals surface area (Å²) in [4.78, 5) is 13.7. The van der Waals surface area contributed by atoms with Crippen molar-refractivity contribution in [2.45, 2.75) is 58.3 Å². The fraction of sp³-hybridized carbons (Fsp3) is 0.917. The van der Waals surface area contributed by atoms with Crippen LogP contribution in [-0.4, -0.2) is 46.8 Å². The number of nitrogens with zero attached hydrogens (tertiary/aromatic N) is 1. The van der Waals surface area contributed by atoms with Crippen molar-refractivity contribution in [2.24, 2.45) is 0 Å². The van der Waals surface area contributed by atoms with Crippen molar-refractivity contribution in [3.05, 3.63) is 0 Å². The van der Waals surface area contributed by atoms with Gasteiger partial charge in [0.25, 0.3) is 0 Å². The molecule has 1 fully saturated rings. The van der Waals surface area contributed by atoms with Gasteiger partial charge in [-0.1, -0.05) is 0 Å². The molecule has 0 aromatic rings. The van der Waals surface area contributed by atoms with Crippen molar-refractivity contribution in [3.8, 4) is 0 Å². The van der Waals surface area contributed by atoms with Gasteiger partial charge in [-0.3, -0.25) is 4.79 Å². The molecule has 4 heteroatoms. The highest BCUT2D eigenvalue weighted by Gasteiger charge is 2.33. The number of hydrogen-bond donors (Lipinski definition) is 1. The van der Waals surface area contributed by atoms with Crippen molar-refractivity contribution in [2.75, 3.05) is 13.1 Å². The Morgan fingerprint density at radius 2 is 2.25 bits per heavy atom. The maximum atomic E-state index is 11.9. The number of carbonyl (C=O) groups excluding carboxylic acids is 1. The van der Waals surface area contributed by atoms with Crippen LogP contribution in [0.2, 0.25) is 0 Å². The van der Waals surface area contributed by atoms with Crippen molar-refractivity contribution < 1.29 is 14.6 Å². The van der Waals surface area contributed by atoms with Crippen molar-refractivity contribution in [1.29, 1.82) is 0 Å². The fourth-order valence-corrected chi connectivity index (χ4v) is 2.13. The third kappa shape index (κ3) is 4.10. The molecule has 1 aliphatic heterocycles. The van der Waals surface area contributed by atoms with Crippen molar-refractivity contribution in [3.63, 3.8) is 0 Å². The molecule has 1 rings (SSSR count). The Labute approximate surface area is 97.6 Å². The molecule has 94 valence electrons. The van der Waals surface area contributed by atoms with E-state index in [1.54, 1.807) is 6.92 Å². The summed E-state index contributed by atoms with van der Waals surface area (Å²) < 4.78 is 5.74. The first-order valence-corrected chi connectivity index (χ1v) is 5.94. The number of amides is 1. The zero-order chi connectivity index (χ0) is 12.3. The highest BCUT2D eigenvalue weighted by Crippen LogP contribution is 2.21.